The zero-order valence-electron chi connectivity index (χ0n) is 14.5. The lowest BCUT2D eigenvalue weighted by atomic mass is 10.1. The first-order valence-corrected chi connectivity index (χ1v) is 9.55. The third-order valence-electron chi connectivity index (χ3n) is 4.16. The van der Waals surface area contributed by atoms with Gasteiger partial charge in [0.1, 0.15) is 17.3 Å². The van der Waals surface area contributed by atoms with Crippen molar-refractivity contribution in [2.75, 3.05) is 11.2 Å². The van der Waals surface area contributed by atoms with Crippen molar-refractivity contribution >= 4 is 34.1 Å². The molecule has 0 bridgehead atoms. The lowest BCUT2D eigenvalue weighted by Gasteiger charge is -2.30. The van der Waals surface area contributed by atoms with Crippen molar-refractivity contribution in [3.63, 3.8) is 0 Å². The fourth-order valence-electron chi connectivity index (χ4n) is 2.70. The monoisotopic (exact) mass is 386 g/mol. The lowest BCUT2D eigenvalue weighted by molar-refractivity contribution is 0.0918. The largest absolute Gasteiger partial charge is 0.389 e. The van der Waals surface area contributed by atoms with Gasteiger partial charge in [0, 0.05) is 11.3 Å². The van der Waals surface area contributed by atoms with E-state index in [2.05, 4.69) is 16.5 Å². The van der Waals surface area contributed by atoms with Crippen molar-refractivity contribution in [2.24, 2.45) is 5.10 Å². The van der Waals surface area contributed by atoms with E-state index in [0.717, 1.165) is 21.9 Å². The molecule has 2 aromatic carbocycles. The molecular formula is C19H19ClN4OS. The van der Waals surface area contributed by atoms with Crippen LogP contribution < -0.4 is 5.32 Å². The fourth-order valence-corrected chi connectivity index (χ4v) is 3.84. The molecule has 1 aliphatic rings. The normalized spacial score (nSPS) is 16.0. The average molecular weight is 387 g/mol. The number of aliphatic hydroxyl groups excluding tert-OH is 1. The summed E-state index contributed by atoms with van der Waals surface area (Å²) in [7, 11) is 0. The van der Waals surface area contributed by atoms with Gasteiger partial charge in [-0.15, -0.1) is 0 Å². The van der Waals surface area contributed by atoms with Crippen LogP contribution in [0.4, 0.5) is 5.69 Å². The number of halogens is 1. The fraction of sp³-hybridized carbons (Fsp3) is 0.263. The van der Waals surface area contributed by atoms with Crippen LogP contribution in [0.25, 0.3) is 0 Å². The molecule has 5 nitrogen and oxygen atoms in total. The molecule has 0 aliphatic carbocycles. The number of thioether (sulfide) groups is 1. The van der Waals surface area contributed by atoms with Gasteiger partial charge in [-0.05, 0) is 31.5 Å². The molecule has 0 spiro atoms. The third-order valence-corrected chi connectivity index (χ3v) is 5.63. The highest BCUT2D eigenvalue weighted by atomic mass is 35.5. The number of hydrogen-bond donors (Lipinski definition) is 2. The number of nitrogens with zero attached hydrogens (tertiary/aromatic N) is 3. The first kappa shape index (κ1) is 18.6. The van der Waals surface area contributed by atoms with Gasteiger partial charge in [-0.3, -0.25) is 5.01 Å². The molecule has 2 aromatic rings. The number of hydrogen-bond acceptors (Lipinski definition) is 6. The van der Waals surface area contributed by atoms with Crippen LogP contribution in [-0.2, 0) is 0 Å². The highest BCUT2D eigenvalue weighted by Crippen LogP contribution is 2.30. The molecule has 0 aromatic heterocycles. The van der Waals surface area contributed by atoms with Crippen molar-refractivity contribution < 1.29 is 5.11 Å². The maximum Gasteiger partial charge on any atom is 0.142 e. The Hall–Kier alpha value is -2.20. The summed E-state index contributed by atoms with van der Waals surface area (Å²) < 4.78 is 0. The average Bonchev–Trinajstić information content (AvgIpc) is 3.13. The van der Waals surface area contributed by atoms with Crippen LogP contribution in [0.3, 0.4) is 0 Å². The molecule has 0 saturated carbocycles. The predicted molar refractivity (Wildman–Crippen MR) is 107 cm³/mol. The summed E-state index contributed by atoms with van der Waals surface area (Å²) >= 11 is 7.88. The Balaban J connectivity index is 1.84. The summed E-state index contributed by atoms with van der Waals surface area (Å²) in [4.78, 5) is 0. The van der Waals surface area contributed by atoms with Crippen LogP contribution in [0.5, 0.6) is 0 Å². The Morgan fingerprint density at radius 3 is 2.69 bits per heavy atom. The van der Waals surface area contributed by atoms with E-state index in [4.69, 9.17) is 16.9 Å². The Morgan fingerprint density at radius 1 is 1.31 bits per heavy atom. The predicted octanol–water partition coefficient (Wildman–Crippen LogP) is 4.01. The van der Waals surface area contributed by atoms with Crippen LogP contribution in [0.1, 0.15) is 23.6 Å². The number of nitriles is 1. The molecule has 0 saturated heterocycles. The number of nitrogens with one attached hydrogen (secondary N) is 1. The highest BCUT2D eigenvalue weighted by Gasteiger charge is 2.28. The summed E-state index contributed by atoms with van der Waals surface area (Å²) in [6.07, 6.45) is -1.07. The van der Waals surface area contributed by atoms with Gasteiger partial charge in [0.05, 0.1) is 22.6 Å². The van der Waals surface area contributed by atoms with Crippen LogP contribution in [0.15, 0.2) is 47.6 Å². The topological polar surface area (TPSA) is 71.7 Å². The Morgan fingerprint density at radius 2 is 2.04 bits per heavy atom. The first-order chi connectivity index (χ1) is 12.5. The standard InChI is InChI=1S/C19H19ClN4OS/c1-12-16(9-8-15(10-21)17(12)20)22-18(13(2)25)24-11-26-19(23-24)14-6-4-3-5-7-14/h3-9,13,18,22,25H,11H2,1-2H3/t13-,18-/m0/s1. The van der Waals surface area contributed by atoms with Gasteiger partial charge >= 0.3 is 0 Å². The minimum absolute atomic E-state index is 0.411. The maximum absolute atomic E-state index is 10.3. The van der Waals surface area contributed by atoms with Crippen LogP contribution >= 0.6 is 23.4 Å². The molecular weight excluding hydrogens is 368 g/mol. The smallest absolute Gasteiger partial charge is 0.142 e. The first-order valence-electron chi connectivity index (χ1n) is 8.18. The van der Waals surface area contributed by atoms with Crippen LogP contribution in [0.2, 0.25) is 5.02 Å². The van der Waals surface area contributed by atoms with Crippen molar-refractivity contribution in [1.29, 1.82) is 5.26 Å². The molecule has 0 radical (unpaired) electrons. The van der Waals surface area contributed by atoms with Gasteiger partial charge in [-0.2, -0.15) is 10.4 Å². The van der Waals surface area contributed by atoms with Crippen molar-refractivity contribution in [3.05, 3.63) is 64.2 Å². The van der Waals surface area contributed by atoms with Gasteiger partial charge in [0.2, 0.25) is 0 Å². The Kier molecular flexibility index (Phi) is 5.72. The highest BCUT2D eigenvalue weighted by molar-refractivity contribution is 8.14. The number of rotatable bonds is 5. The van der Waals surface area contributed by atoms with E-state index < -0.39 is 12.3 Å². The van der Waals surface area contributed by atoms with Crippen molar-refractivity contribution in [1.82, 2.24) is 5.01 Å². The third kappa shape index (κ3) is 3.80. The number of benzene rings is 2. The second kappa shape index (κ2) is 8.00. The van der Waals surface area contributed by atoms with E-state index in [-0.39, 0.29) is 0 Å². The van der Waals surface area contributed by atoms with Gasteiger partial charge < -0.3 is 10.4 Å². The van der Waals surface area contributed by atoms with Gasteiger partial charge in [0.15, 0.2) is 0 Å². The molecule has 26 heavy (non-hydrogen) atoms. The molecule has 1 heterocycles. The maximum atomic E-state index is 10.3. The van der Waals surface area contributed by atoms with Crippen LogP contribution in [-0.4, -0.2) is 33.3 Å². The van der Waals surface area contributed by atoms with Crippen molar-refractivity contribution in [3.8, 4) is 6.07 Å². The van der Waals surface area contributed by atoms with E-state index in [1.165, 1.54) is 0 Å². The molecule has 7 heteroatoms. The second-order valence-corrected chi connectivity index (χ2v) is 7.34. The molecule has 3 rings (SSSR count). The quantitative estimate of drug-likeness (QED) is 0.812. The zero-order valence-corrected chi connectivity index (χ0v) is 16.1. The van der Waals surface area contributed by atoms with E-state index in [1.54, 1.807) is 30.8 Å². The summed E-state index contributed by atoms with van der Waals surface area (Å²) in [5, 5.41) is 30.5. The molecule has 1 aliphatic heterocycles. The van der Waals surface area contributed by atoms with Gasteiger partial charge in [-0.1, -0.05) is 53.7 Å². The molecule has 0 unspecified atom stereocenters. The Bertz CT molecular complexity index is 864. The summed E-state index contributed by atoms with van der Waals surface area (Å²) in [5.74, 6) is 0.635. The van der Waals surface area contributed by atoms with Crippen molar-refractivity contribution in [2.45, 2.75) is 26.1 Å². The minimum Gasteiger partial charge on any atom is -0.389 e. The van der Waals surface area contributed by atoms with Crippen LogP contribution in [0, 0.1) is 18.3 Å². The van der Waals surface area contributed by atoms with Gasteiger partial charge in [-0.25, -0.2) is 0 Å². The molecule has 0 amide bonds. The van der Waals surface area contributed by atoms with E-state index in [0.29, 0.717) is 16.5 Å². The second-order valence-electron chi connectivity index (χ2n) is 6.03. The SMILES string of the molecule is Cc1c(N[C@H]([C@H](C)O)N2CSC(c3ccccc3)=N2)ccc(C#N)c1Cl. The van der Waals surface area contributed by atoms with E-state index in [1.807, 2.05) is 42.3 Å². The minimum atomic E-state index is -0.664. The van der Waals surface area contributed by atoms with Gasteiger partial charge in [0.25, 0.3) is 0 Å². The molecule has 134 valence electrons. The number of aliphatic hydroxyl groups is 1. The van der Waals surface area contributed by atoms with E-state index >= 15 is 0 Å². The number of hydrazone groups is 1. The molecule has 0 fully saturated rings. The summed E-state index contributed by atoms with van der Waals surface area (Å²) in [6, 6.07) is 15.5. The molecule has 2 N–H and O–H groups in total. The summed E-state index contributed by atoms with van der Waals surface area (Å²) in [6.45, 7) is 3.57. The number of anilines is 1. The van der Waals surface area contributed by atoms with E-state index in [9.17, 15) is 5.11 Å². The lowest BCUT2D eigenvalue weighted by Crippen LogP contribution is -2.44. The zero-order chi connectivity index (χ0) is 18.7. The summed E-state index contributed by atoms with van der Waals surface area (Å²) in [5.41, 5.74) is 3.04. The molecule has 2 atom stereocenters. The Labute approximate surface area is 162 Å².